The van der Waals surface area contributed by atoms with Crippen LogP contribution in [0.1, 0.15) is 0 Å². The van der Waals surface area contributed by atoms with Crippen LogP contribution in [0, 0.1) is 0 Å². The molecule has 84 valence electrons. The van der Waals surface area contributed by atoms with E-state index in [1.54, 1.807) is 25.2 Å². The van der Waals surface area contributed by atoms with Crippen LogP contribution < -0.4 is 16.6 Å². The van der Waals surface area contributed by atoms with Gasteiger partial charge in [-0.2, -0.15) is 0 Å². The minimum absolute atomic E-state index is 0.195. The van der Waals surface area contributed by atoms with Gasteiger partial charge in [0, 0.05) is 4.47 Å². The fourth-order valence-electron chi connectivity index (χ4n) is 1.53. The quantitative estimate of drug-likeness (QED) is 0.850. The average Bonchev–Trinajstić information content (AvgIpc) is 2.23. The number of nitrogens with zero attached hydrogens (tertiary/aromatic N) is 1. The average molecular weight is 284 g/mol. The van der Waals surface area contributed by atoms with E-state index in [0.29, 0.717) is 10.9 Å². The summed E-state index contributed by atoms with van der Waals surface area (Å²) < 4.78 is 1.94. The molecule has 2 aromatic rings. The minimum atomic E-state index is -0.412. The smallest absolute Gasteiger partial charge is 0.307 e. The molecule has 0 bridgehead atoms. The molecule has 1 aromatic carbocycles. The molecule has 5 nitrogen and oxygen atoms in total. The van der Waals surface area contributed by atoms with Crippen LogP contribution in [0.25, 0.3) is 10.9 Å². The molecule has 2 N–H and O–H groups in total. The lowest BCUT2D eigenvalue weighted by Gasteiger charge is -2.05. The number of benzene rings is 1. The first kappa shape index (κ1) is 11.1. The SMILES string of the molecule is CNCn1c(=O)[nH]c2cc(Br)ccc2c1=O. The monoisotopic (exact) mass is 283 g/mol. The number of hydrogen-bond donors (Lipinski definition) is 2. The maximum absolute atomic E-state index is 11.9. The van der Waals surface area contributed by atoms with Crippen molar-refractivity contribution in [2.24, 2.45) is 0 Å². The zero-order valence-electron chi connectivity index (χ0n) is 8.58. The normalized spacial score (nSPS) is 10.9. The predicted octanol–water partition coefficient (Wildman–Crippen LogP) is 0.629. The third-order valence-corrected chi connectivity index (χ3v) is 2.75. The van der Waals surface area contributed by atoms with Crippen LogP contribution >= 0.6 is 15.9 Å². The number of H-pyrrole nitrogens is 1. The van der Waals surface area contributed by atoms with Crippen molar-refractivity contribution in [3.63, 3.8) is 0 Å². The zero-order valence-corrected chi connectivity index (χ0v) is 10.2. The Bertz CT molecular complexity index is 645. The molecule has 0 aliphatic heterocycles. The Morgan fingerprint density at radius 1 is 1.44 bits per heavy atom. The molecule has 0 spiro atoms. The van der Waals surface area contributed by atoms with E-state index < -0.39 is 5.69 Å². The predicted molar refractivity (Wildman–Crippen MR) is 65.6 cm³/mol. The van der Waals surface area contributed by atoms with Gasteiger partial charge in [-0.05, 0) is 25.2 Å². The van der Waals surface area contributed by atoms with E-state index in [-0.39, 0.29) is 12.2 Å². The number of halogens is 1. The van der Waals surface area contributed by atoms with Crippen molar-refractivity contribution in [2.75, 3.05) is 7.05 Å². The molecule has 1 heterocycles. The first-order chi connectivity index (χ1) is 7.63. The number of aromatic nitrogens is 2. The third kappa shape index (κ3) is 1.81. The summed E-state index contributed by atoms with van der Waals surface area (Å²) in [5.74, 6) is 0. The summed E-state index contributed by atoms with van der Waals surface area (Å²) in [7, 11) is 1.68. The van der Waals surface area contributed by atoms with Crippen molar-refractivity contribution >= 4 is 26.8 Å². The largest absolute Gasteiger partial charge is 0.329 e. The van der Waals surface area contributed by atoms with Gasteiger partial charge in [0.2, 0.25) is 0 Å². The van der Waals surface area contributed by atoms with Gasteiger partial charge in [-0.1, -0.05) is 15.9 Å². The molecule has 1 aromatic heterocycles. The maximum Gasteiger partial charge on any atom is 0.329 e. The standard InChI is InChI=1S/C10H10BrN3O2/c1-12-5-14-9(15)7-3-2-6(11)4-8(7)13-10(14)16/h2-4,12H,5H2,1H3,(H,13,16). The summed E-state index contributed by atoms with van der Waals surface area (Å²) >= 11 is 3.29. The lowest BCUT2D eigenvalue weighted by Crippen LogP contribution is -2.38. The molecule has 6 heteroatoms. The van der Waals surface area contributed by atoms with Crippen molar-refractivity contribution < 1.29 is 0 Å². The van der Waals surface area contributed by atoms with Crippen LogP contribution in [-0.2, 0) is 6.67 Å². The topological polar surface area (TPSA) is 66.9 Å². The van der Waals surface area contributed by atoms with Gasteiger partial charge in [0.25, 0.3) is 5.56 Å². The first-order valence-corrected chi connectivity index (χ1v) is 5.50. The number of fused-ring (bicyclic) bond motifs is 1. The van der Waals surface area contributed by atoms with E-state index >= 15 is 0 Å². The summed E-state index contributed by atoms with van der Waals surface area (Å²) in [6, 6.07) is 5.16. The molecule has 0 amide bonds. The molecule has 0 saturated heterocycles. The summed E-state index contributed by atoms with van der Waals surface area (Å²) in [5, 5.41) is 3.27. The Morgan fingerprint density at radius 2 is 2.19 bits per heavy atom. The van der Waals surface area contributed by atoms with Crippen molar-refractivity contribution in [3.8, 4) is 0 Å². The van der Waals surface area contributed by atoms with Gasteiger partial charge < -0.3 is 10.3 Å². The van der Waals surface area contributed by atoms with Crippen molar-refractivity contribution in [2.45, 2.75) is 6.67 Å². The van der Waals surface area contributed by atoms with Crippen molar-refractivity contribution in [3.05, 3.63) is 43.5 Å². The third-order valence-electron chi connectivity index (χ3n) is 2.26. The van der Waals surface area contributed by atoms with E-state index in [2.05, 4.69) is 26.2 Å². The van der Waals surface area contributed by atoms with E-state index in [1.165, 1.54) is 0 Å². The fraction of sp³-hybridized carbons (Fsp3) is 0.200. The lowest BCUT2D eigenvalue weighted by molar-refractivity contribution is 0.574. The number of aromatic amines is 1. The van der Waals surface area contributed by atoms with E-state index in [1.807, 2.05) is 0 Å². The molecule has 0 saturated carbocycles. The van der Waals surface area contributed by atoms with Crippen LogP contribution in [0.15, 0.2) is 32.3 Å². The molecule has 0 aliphatic rings. The van der Waals surface area contributed by atoms with Crippen LogP contribution in [-0.4, -0.2) is 16.6 Å². The second kappa shape index (κ2) is 4.23. The Labute approximate surface area is 99.2 Å². The highest BCUT2D eigenvalue weighted by molar-refractivity contribution is 9.10. The van der Waals surface area contributed by atoms with E-state index in [9.17, 15) is 9.59 Å². The highest BCUT2D eigenvalue weighted by Gasteiger charge is 2.06. The van der Waals surface area contributed by atoms with Crippen molar-refractivity contribution in [1.82, 2.24) is 14.9 Å². The van der Waals surface area contributed by atoms with Gasteiger partial charge >= 0.3 is 5.69 Å². The van der Waals surface area contributed by atoms with Gasteiger partial charge in [0.05, 0.1) is 17.6 Å². The van der Waals surface area contributed by atoms with Crippen LogP contribution in [0.2, 0.25) is 0 Å². The zero-order chi connectivity index (χ0) is 11.7. The maximum atomic E-state index is 11.9. The molecule has 0 atom stereocenters. The molecular weight excluding hydrogens is 274 g/mol. The number of hydrogen-bond acceptors (Lipinski definition) is 3. The summed E-state index contributed by atoms with van der Waals surface area (Å²) in [4.78, 5) is 26.2. The van der Waals surface area contributed by atoms with Gasteiger partial charge in [-0.25, -0.2) is 9.36 Å². The highest BCUT2D eigenvalue weighted by atomic mass is 79.9. The number of rotatable bonds is 2. The molecule has 16 heavy (non-hydrogen) atoms. The summed E-state index contributed by atoms with van der Waals surface area (Å²) in [6.07, 6.45) is 0. The molecular formula is C10H10BrN3O2. The summed E-state index contributed by atoms with van der Waals surface area (Å²) in [5.41, 5.74) is -0.165. The molecule has 0 radical (unpaired) electrons. The van der Waals surface area contributed by atoms with Crippen LogP contribution in [0.4, 0.5) is 0 Å². The lowest BCUT2D eigenvalue weighted by atomic mass is 10.2. The van der Waals surface area contributed by atoms with Gasteiger partial charge in [0.1, 0.15) is 0 Å². The molecule has 0 unspecified atom stereocenters. The van der Waals surface area contributed by atoms with E-state index in [4.69, 9.17) is 0 Å². The molecule has 2 rings (SSSR count). The molecule has 0 fully saturated rings. The van der Waals surface area contributed by atoms with Crippen LogP contribution in [0.3, 0.4) is 0 Å². The van der Waals surface area contributed by atoms with Gasteiger partial charge in [0.15, 0.2) is 0 Å². The van der Waals surface area contributed by atoms with Crippen LogP contribution in [0.5, 0.6) is 0 Å². The first-order valence-electron chi connectivity index (χ1n) is 4.70. The van der Waals surface area contributed by atoms with Gasteiger partial charge in [-0.15, -0.1) is 0 Å². The fourth-order valence-corrected chi connectivity index (χ4v) is 1.89. The van der Waals surface area contributed by atoms with Crippen molar-refractivity contribution in [1.29, 1.82) is 0 Å². The second-order valence-corrected chi connectivity index (χ2v) is 4.28. The highest BCUT2D eigenvalue weighted by Crippen LogP contribution is 2.13. The number of nitrogens with one attached hydrogen (secondary N) is 2. The van der Waals surface area contributed by atoms with E-state index in [0.717, 1.165) is 9.04 Å². The Kier molecular flexibility index (Phi) is 2.93. The Morgan fingerprint density at radius 3 is 2.88 bits per heavy atom. The van der Waals surface area contributed by atoms with Gasteiger partial charge in [-0.3, -0.25) is 4.79 Å². The minimum Gasteiger partial charge on any atom is -0.307 e. The summed E-state index contributed by atoms with van der Waals surface area (Å²) in [6.45, 7) is 0.195. The molecule has 0 aliphatic carbocycles. The Balaban J connectivity index is 2.84. The second-order valence-electron chi connectivity index (χ2n) is 3.36. The Hall–Kier alpha value is -1.40.